The van der Waals surface area contributed by atoms with Crippen molar-refractivity contribution in [3.8, 4) is 33.4 Å². The standard InChI is InChI=1S/C62H51NO/c1-61(2,3)43-37-42(38-44(39-43)62(4,5)6)46-26-15-20-41-21-16-29-52(59(41)46)51-24-10-13-31-55(51)63(56-32-18-34-58-60(56)53-25-11-14-33-57(53)64-58)54-30-12-9-23-50(54)48-28-17-27-47-45-22-8-7-19-40(45)35-36-49(47)48/h7-39H,1-6H3. The third-order valence-corrected chi connectivity index (χ3v) is 13.2. The van der Waals surface area contributed by atoms with Gasteiger partial charge in [0.25, 0.3) is 0 Å². The smallest absolute Gasteiger partial charge is 0.137 e. The lowest BCUT2D eigenvalue weighted by Gasteiger charge is -2.31. The lowest BCUT2D eigenvalue weighted by Crippen LogP contribution is -2.16. The zero-order chi connectivity index (χ0) is 43.7. The fraction of sp³-hybridized carbons (Fsp3) is 0.129. The molecule has 0 unspecified atom stereocenters. The van der Waals surface area contributed by atoms with Crippen LogP contribution in [0, 0.1) is 0 Å². The van der Waals surface area contributed by atoms with Crippen LogP contribution in [0.3, 0.4) is 0 Å². The summed E-state index contributed by atoms with van der Waals surface area (Å²) < 4.78 is 6.61. The Balaban J connectivity index is 1.21. The quantitative estimate of drug-likeness (QED) is 0.155. The Morgan fingerprint density at radius 3 is 1.55 bits per heavy atom. The summed E-state index contributed by atoms with van der Waals surface area (Å²) >= 11 is 0. The van der Waals surface area contributed by atoms with Crippen molar-refractivity contribution in [1.29, 1.82) is 0 Å². The number of benzene rings is 10. The molecule has 0 aliphatic carbocycles. The van der Waals surface area contributed by atoms with Gasteiger partial charge in [0.1, 0.15) is 11.2 Å². The van der Waals surface area contributed by atoms with Crippen LogP contribution in [0.5, 0.6) is 0 Å². The minimum atomic E-state index is -0.0145. The molecule has 2 nitrogen and oxygen atoms in total. The maximum absolute atomic E-state index is 6.61. The van der Waals surface area contributed by atoms with Crippen LogP contribution in [0.15, 0.2) is 205 Å². The van der Waals surface area contributed by atoms with Crippen LogP contribution in [0.2, 0.25) is 0 Å². The van der Waals surface area contributed by atoms with Gasteiger partial charge >= 0.3 is 0 Å². The van der Waals surface area contributed by atoms with E-state index in [1.165, 1.54) is 65.7 Å². The molecule has 0 bridgehead atoms. The first-order valence-electron chi connectivity index (χ1n) is 22.5. The Hall–Kier alpha value is -7.42. The van der Waals surface area contributed by atoms with Crippen molar-refractivity contribution in [2.45, 2.75) is 52.4 Å². The monoisotopic (exact) mass is 825 g/mol. The van der Waals surface area contributed by atoms with Crippen LogP contribution < -0.4 is 4.90 Å². The molecule has 2 heteroatoms. The fourth-order valence-corrected chi connectivity index (χ4v) is 9.85. The van der Waals surface area contributed by atoms with Crippen LogP contribution in [0.25, 0.3) is 87.6 Å². The van der Waals surface area contributed by atoms with Gasteiger partial charge in [0.2, 0.25) is 0 Å². The average Bonchev–Trinajstić information content (AvgIpc) is 3.70. The fourth-order valence-electron chi connectivity index (χ4n) is 9.85. The highest BCUT2D eigenvalue weighted by Crippen LogP contribution is 2.51. The number of furan rings is 1. The van der Waals surface area contributed by atoms with Crippen LogP contribution in [0.4, 0.5) is 17.1 Å². The van der Waals surface area contributed by atoms with Crippen molar-refractivity contribution in [2.75, 3.05) is 4.90 Å². The number of hydrogen-bond donors (Lipinski definition) is 0. The molecule has 0 saturated carbocycles. The van der Waals surface area contributed by atoms with Crippen LogP contribution in [-0.4, -0.2) is 0 Å². The van der Waals surface area contributed by atoms with Gasteiger partial charge in [0.15, 0.2) is 0 Å². The highest BCUT2D eigenvalue weighted by Gasteiger charge is 2.27. The van der Waals surface area contributed by atoms with E-state index >= 15 is 0 Å². The Labute approximate surface area is 376 Å². The topological polar surface area (TPSA) is 16.4 Å². The van der Waals surface area contributed by atoms with E-state index in [2.05, 4.69) is 247 Å². The van der Waals surface area contributed by atoms with E-state index in [9.17, 15) is 0 Å². The predicted molar refractivity (Wildman–Crippen MR) is 275 cm³/mol. The van der Waals surface area contributed by atoms with E-state index in [4.69, 9.17) is 4.42 Å². The summed E-state index contributed by atoms with van der Waals surface area (Å²) in [7, 11) is 0. The van der Waals surface area contributed by atoms with E-state index in [-0.39, 0.29) is 10.8 Å². The van der Waals surface area contributed by atoms with Gasteiger partial charge in [-0.05, 0) is 107 Å². The van der Waals surface area contributed by atoms with E-state index in [1.807, 2.05) is 0 Å². The minimum absolute atomic E-state index is 0.0145. The molecular formula is C62H51NO. The Morgan fingerprint density at radius 1 is 0.328 bits per heavy atom. The second-order valence-corrected chi connectivity index (χ2v) is 19.3. The number of anilines is 3. The van der Waals surface area contributed by atoms with Gasteiger partial charge in [-0.1, -0.05) is 211 Å². The molecule has 0 amide bonds. The van der Waals surface area contributed by atoms with Gasteiger partial charge in [0, 0.05) is 16.5 Å². The van der Waals surface area contributed by atoms with E-state index in [0.29, 0.717) is 0 Å². The molecule has 0 fully saturated rings. The highest BCUT2D eigenvalue weighted by molar-refractivity contribution is 6.17. The second kappa shape index (κ2) is 15.1. The molecule has 11 rings (SSSR count). The third-order valence-electron chi connectivity index (χ3n) is 13.2. The van der Waals surface area contributed by atoms with Crippen molar-refractivity contribution in [3.05, 3.63) is 211 Å². The van der Waals surface area contributed by atoms with Gasteiger partial charge in [-0.25, -0.2) is 0 Å². The third kappa shape index (κ3) is 6.64. The van der Waals surface area contributed by atoms with Crippen molar-refractivity contribution >= 4 is 71.3 Å². The van der Waals surface area contributed by atoms with Gasteiger partial charge in [-0.2, -0.15) is 0 Å². The molecule has 11 aromatic rings. The predicted octanol–water partition coefficient (Wildman–Crippen LogP) is 18.1. The number of nitrogens with zero attached hydrogens (tertiary/aromatic N) is 1. The molecular weight excluding hydrogens is 775 g/mol. The Bertz CT molecular complexity index is 3550. The first kappa shape index (κ1) is 39.4. The molecule has 1 heterocycles. The molecule has 0 atom stereocenters. The molecule has 310 valence electrons. The first-order chi connectivity index (χ1) is 31.0. The minimum Gasteiger partial charge on any atom is -0.456 e. The van der Waals surface area contributed by atoms with Crippen LogP contribution in [0.1, 0.15) is 52.7 Å². The van der Waals surface area contributed by atoms with Crippen molar-refractivity contribution in [3.63, 3.8) is 0 Å². The normalized spacial score (nSPS) is 12.2. The van der Waals surface area contributed by atoms with Crippen molar-refractivity contribution in [1.82, 2.24) is 0 Å². The number of rotatable bonds is 6. The second-order valence-electron chi connectivity index (χ2n) is 19.3. The van der Waals surface area contributed by atoms with Gasteiger partial charge in [-0.15, -0.1) is 0 Å². The van der Waals surface area contributed by atoms with Crippen molar-refractivity contribution < 1.29 is 4.42 Å². The van der Waals surface area contributed by atoms with Gasteiger partial charge < -0.3 is 9.32 Å². The van der Waals surface area contributed by atoms with Crippen LogP contribution in [-0.2, 0) is 10.8 Å². The largest absolute Gasteiger partial charge is 0.456 e. The molecule has 64 heavy (non-hydrogen) atoms. The summed E-state index contributed by atoms with van der Waals surface area (Å²) in [6.45, 7) is 13.9. The lowest BCUT2D eigenvalue weighted by molar-refractivity contribution is 0.569. The van der Waals surface area contributed by atoms with Gasteiger partial charge in [0.05, 0.1) is 22.4 Å². The van der Waals surface area contributed by atoms with E-state index < -0.39 is 0 Å². The maximum atomic E-state index is 6.61. The summed E-state index contributed by atoms with van der Waals surface area (Å²) in [5.41, 5.74) is 14.8. The Morgan fingerprint density at radius 2 is 0.828 bits per heavy atom. The molecule has 0 saturated heterocycles. The number of fused-ring (bicyclic) bond motifs is 7. The van der Waals surface area contributed by atoms with Gasteiger partial charge in [-0.3, -0.25) is 0 Å². The molecule has 10 aromatic carbocycles. The molecule has 0 aliphatic heterocycles. The maximum Gasteiger partial charge on any atom is 0.137 e. The lowest BCUT2D eigenvalue weighted by atomic mass is 9.78. The molecule has 0 radical (unpaired) electrons. The number of hydrogen-bond acceptors (Lipinski definition) is 2. The zero-order valence-electron chi connectivity index (χ0n) is 37.4. The van der Waals surface area contributed by atoms with E-state index in [0.717, 1.165) is 50.1 Å². The first-order valence-corrected chi connectivity index (χ1v) is 22.5. The highest BCUT2D eigenvalue weighted by atomic mass is 16.3. The molecule has 0 N–H and O–H groups in total. The van der Waals surface area contributed by atoms with E-state index in [1.54, 1.807) is 0 Å². The Kier molecular flexibility index (Phi) is 9.33. The average molecular weight is 826 g/mol. The summed E-state index contributed by atoms with van der Waals surface area (Å²) in [6.07, 6.45) is 0. The summed E-state index contributed by atoms with van der Waals surface area (Å²) in [6, 6.07) is 73.6. The summed E-state index contributed by atoms with van der Waals surface area (Å²) in [5, 5.41) is 9.58. The molecule has 0 spiro atoms. The summed E-state index contributed by atoms with van der Waals surface area (Å²) in [4.78, 5) is 2.49. The zero-order valence-corrected chi connectivity index (χ0v) is 37.4. The molecule has 1 aromatic heterocycles. The van der Waals surface area contributed by atoms with Crippen LogP contribution >= 0.6 is 0 Å². The summed E-state index contributed by atoms with van der Waals surface area (Å²) in [5.74, 6) is 0. The van der Waals surface area contributed by atoms with Crippen molar-refractivity contribution in [2.24, 2.45) is 0 Å². The molecule has 0 aliphatic rings. The number of para-hydroxylation sites is 3. The SMILES string of the molecule is CC(C)(C)c1cc(-c2cccc3cccc(-c4ccccc4N(c4ccccc4-c4cccc5c4ccc4ccccc45)c4cccc5oc6ccccc6c45)c23)cc(C(C)(C)C)c1.